The lowest BCUT2D eigenvalue weighted by Crippen LogP contribution is -2.32. The Kier molecular flexibility index (Phi) is 9.16. The van der Waals surface area contributed by atoms with Gasteiger partial charge in [0.25, 0.3) is 0 Å². The molecule has 2 rings (SSSR count). The van der Waals surface area contributed by atoms with Crippen LogP contribution in [0.5, 0.6) is 11.5 Å². The first kappa shape index (κ1) is 24.0. The number of ether oxygens (including phenoxy) is 4. The summed E-state index contributed by atoms with van der Waals surface area (Å²) >= 11 is 0. The quantitative estimate of drug-likeness (QED) is 0.644. The molecule has 7 nitrogen and oxygen atoms in total. The van der Waals surface area contributed by atoms with E-state index in [9.17, 15) is 4.79 Å². The van der Waals surface area contributed by atoms with E-state index >= 15 is 0 Å². The molecule has 7 heteroatoms. The van der Waals surface area contributed by atoms with Crippen LogP contribution in [0.1, 0.15) is 38.8 Å². The van der Waals surface area contributed by atoms with Crippen LogP contribution in [0.25, 0.3) is 0 Å². The Morgan fingerprint density at radius 1 is 1.19 bits per heavy atom. The first-order valence-electron chi connectivity index (χ1n) is 10.0. The fourth-order valence-corrected chi connectivity index (χ4v) is 2.39. The number of amides is 1. The molecule has 0 unspecified atom stereocenters. The van der Waals surface area contributed by atoms with Crippen LogP contribution in [0.4, 0.5) is 4.79 Å². The second kappa shape index (κ2) is 11.8. The van der Waals surface area contributed by atoms with Gasteiger partial charge in [0.05, 0.1) is 31.9 Å². The minimum Gasteiger partial charge on any atom is -0.497 e. The predicted octanol–water partition coefficient (Wildman–Crippen LogP) is 3.95. The third-order valence-electron chi connectivity index (χ3n) is 3.89. The molecule has 1 aromatic carbocycles. The van der Waals surface area contributed by atoms with E-state index in [1.807, 2.05) is 31.2 Å². The Balaban J connectivity index is 1.81. The Morgan fingerprint density at radius 2 is 1.94 bits per heavy atom. The number of carbonyl (C=O) groups is 1. The number of pyridine rings is 1. The molecule has 1 N–H and O–H groups in total. The molecule has 0 saturated carbocycles. The van der Waals surface area contributed by atoms with Gasteiger partial charge in [-0.3, -0.25) is 4.98 Å². The number of hydrogen-bond donors (Lipinski definition) is 1. The summed E-state index contributed by atoms with van der Waals surface area (Å²) in [5.41, 5.74) is 1.14. The summed E-state index contributed by atoms with van der Waals surface area (Å²) in [6.45, 7) is 8.36. The molecule has 0 aliphatic carbocycles. The van der Waals surface area contributed by atoms with E-state index < -0.39 is 11.7 Å². The summed E-state index contributed by atoms with van der Waals surface area (Å²) in [5.74, 6) is 7.27. The molecule has 166 valence electrons. The van der Waals surface area contributed by atoms with E-state index in [-0.39, 0.29) is 12.6 Å². The predicted molar refractivity (Wildman–Crippen MR) is 118 cm³/mol. The molecule has 0 saturated heterocycles. The summed E-state index contributed by atoms with van der Waals surface area (Å²) in [6.07, 6.45) is 2.64. The molecule has 0 spiro atoms. The number of alkyl carbamates (subject to hydrolysis) is 1. The van der Waals surface area contributed by atoms with Crippen LogP contribution in [0.15, 0.2) is 42.7 Å². The fourth-order valence-electron chi connectivity index (χ4n) is 2.39. The van der Waals surface area contributed by atoms with Crippen molar-refractivity contribution in [2.45, 2.75) is 46.0 Å². The minimum absolute atomic E-state index is 0.120. The molecule has 0 aliphatic heterocycles. The summed E-state index contributed by atoms with van der Waals surface area (Å²) < 4.78 is 22.0. The second-order valence-corrected chi connectivity index (χ2v) is 7.81. The average molecular weight is 427 g/mol. The summed E-state index contributed by atoms with van der Waals surface area (Å²) in [4.78, 5) is 15.7. The van der Waals surface area contributed by atoms with Gasteiger partial charge in [-0.05, 0) is 51.5 Å². The van der Waals surface area contributed by atoms with Crippen molar-refractivity contribution in [1.29, 1.82) is 0 Å². The summed E-state index contributed by atoms with van der Waals surface area (Å²) in [6, 6.07) is 9.49. The lowest BCUT2D eigenvalue weighted by molar-refractivity contribution is 0.0213. The first-order chi connectivity index (χ1) is 14.8. The lowest BCUT2D eigenvalue weighted by Gasteiger charge is -2.19. The van der Waals surface area contributed by atoms with Gasteiger partial charge in [0, 0.05) is 12.4 Å². The number of benzene rings is 1. The molecule has 1 atom stereocenters. The Hall–Kier alpha value is -3.24. The topological polar surface area (TPSA) is 78.9 Å². The molecule has 0 fully saturated rings. The zero-order valence-corrected chi connectivity index (χ0v) is 18.7. The third kappa shape index (κ3) is 9.41. The van der Waals surface area contributed by atoms with Crippen molar-refractivity contribution in [3.8, 4) is 23.3 Å². The Bertz CT molecular complexity index is 895. The standard InChI is InChI=1S/C24H30N2O5/c1-18(29-17-19-8-10-21(28-5)11-9-19)16-30-22-12-14-25-15-20(22)7-6-13-26-23(27)31-24(2,3)4/h8-12,14-15,18H,13,16-17H2,1-5H3,(H,26,27)/t18-/m0/s1. The molecule has 0 bridgehead atoms. The van der Waals surface area contributed by atoms with Crippen molar-refractivity contribution in [3.05, 3.63) is 53.9 Å². The number of hydrogen-bond acceptors (Lipinski definition) is 6. The van der Waals surface area contributed by atoms with Gasteiger partial charge in [-0.1, -0.05) is 24.0 Å². The molecule has 31 heavy (non-hydrogen) atoms. The number of nitrogens with one attached hydrogen (secondary N) is 1. The Labute approximate surface area is 184 Å². The van der Waals surface area contributed by atoms with Crippen molar-refractivity contribution < 1.29 is 23.7 Å². The zero-order chi connectivity index (χ0) is 22.7. The van der Waals surface area contributed by atoms with Crippen LogP contribution in [0, 0.1) is 11.8 Å². The minimum atomic E-state index is -0.548. The van der Waals surface area contributed by atoms with Crippen molar-refractivity contribution in [2.24, 2.45) is 0 Å². The van der Waals surface area contributed by atoms with Gasteiger partial charge in [-0.15, -0.1) is 0 Å². The highest BCUT2D eigenvalue weighted by molar-refractivity contribution is 5.68. The maximum atomic E-state index is 11.7. The van der Waals surface area contributed by atoms with Gasteiger partial charge < -0.3 is 24.3 Å². The van der Waals surface area contributed by atoms with E-state index in [4.69, 9.17) is 18.9 Å². The van der Waals surface area contributed by atoms with E-state index in [1.165, 1.54) is 0 Å². The van der Waals surface area contributed by atoms with Gasteiger partial charge in [0.1, 0.15) is 23.7 Å². The highest BCUT2D eigenvalue weighted by Crippen LogP contribution is 2.17. The van der Waals surface area contributed by atoms with Crippen LogP contribution >= 0.6 is 0 Å². The van der Waals surface area contributed by atoms with E-state index in [0.717, 1.165) is 11.3 Å². The van der Waals surface area contributed by atoms with Crippen LogP contribution in [0.2, 0.25) is 0 Å². The van der Waals surface area contributed by atoms with Gasteiger partial charge in [-0.2, -0.15) is 0 Å². The molecular weight excluding hydrogens is 396 g/mol. The molecular formula is C24H30N2O5. The van der Waals surface area contributed by atoms with Crippen molar-refractivity contribution in [1.82, 2.24) is 10.3 Å². The smallest absolute Gasteiger partial charge is 0.408 e. The largest absolute Gasteiger partial charge is 0.497 e. The lowest BCUT2D eigenvalue weighted by atomic mass is 10.2. The highest BCUT2D eigenvalue weighted by atomic mass is 16.6. The molecule has 1 heterocycles. The number of rotatable bonds is 8. The van der Waals surface area contributed by atoms with Gasteiger partial charge >= 0.3 is 6.09 Å². The van der Waals surface area contributed by atoms with Crippen LogP contribution in [-0.2, 0) is 16.1 Å². The van der Waals surface area contributed by atoms with E-state index in [1.54, 1.807) is 46.3 Å². The monoisotopic (exact) mass is 426 g/mol. The van der Waals surface area contributed by atoms with Crippen LogP contribution in [-0.4, -0.2) is 43.0 Å². The number of carbonyl (C=O) groups excluding carboxylic acids is 1. The first-order valence-corrected chi connectivity index (χ1v) is 10.0. The maximum absolute atomic E-state index is 11.7. The van der Waals surface area contributed by atoms with Crippen molar-refractivity contribution >= 4 is 6.09 Å². The van der Waals surface area contributed by atoms with Crippen LogP contribution in [0.3, 0.4) is 0 Å². The number of nitrogens with zero attached hydrogens (tertiary/aromatic N) is 1. The van der Waals surface area contributed by atoms with Crippen molar-refractivity contribution in [3.63, 3.8) is 0 Å². The normalized spacial score (nSPS) is 11.6. The second-order valence-electron chi connectivity index (χ2n) is 7.81. The number of aromatic nitrogens is 1. The van der Waals surface area contributed by atoms with Gasteiger partial charge in [0.2, 0.25) is 0 Å². The molecule has 1 aromatic heterocycles. The highest BCUT2D eigenvalue weighted by Gasteiger charge is 2.15. The average Bonchev–Trinajstić information content (AvgIpc) is 2.73. The summed E-state index contributed by atoms with van der Waals surface area (Å²) in [5, 5.41) is 2.59. The fraction of sp³-hybridized carbons (Fsp3) is 0.417. The van der Waals surface area contributed by atoms with Crippen LogP contribution < -0.4 is 14.8 Å². The number of methoxy groups -OCH3 is 1. The molecule has 1 amide bonds. The van der Waals surface area contributed by atoms with E-state index in [0.29, 0.717) is 24.5 Å². The van der Waals surface area contributed by atoms with Gasteiger partial charge in [-0.25, -0.2) is 4.79 Å². The van der Waals surface area contributed by atoms with Gasteiger partial charge in [0.15, 0.2) is 0 Å². The summed E-state index contributed by atoms with van der Waals surface area (Å²) in [7, 11) is 1.64. The molecule has 0 radical (unpaired) electrons. The Morgan fingerprint density at radius 3 is 2.61 bits per heavy atom. The van der Waals surface area contributed by atoms with E-state index in [2.05, 4.69) is 22.1 Å². The molecule has 2 aromatic rings. The molecule has 0 aliphatic rings. The maximum Gasteiger partial charge on any atom is 0.408 e. The third-order valence-corrected chi connectivity index (χ3v) is 3.89. The SMILES string of the molecule is COc1ccc(CO[C@@H](C)COc2ccncc2C#CCNC(=O)OC(C)(C)C)cc1. The zero-order valence-electron chi connectivity index (χ0n) is 18.7. The van der Waals surface area contributed by atoms with Crippen molar-refractivity contribution in [2.75, 3.05) is 20.3 Å².